The van der Waals surface area contributed by atoms with E-state index < -0.39 is 28.9 Å². The Kier molecular flexibility index (Phi) is 6.38. The Morgan fingerprint density at radius 1 is 1.13 bits per heavy atom. The maximum absolute atomic E-state index is 14.8. The summed E-state index contributed by atoms with van der Waals surface area (Å²) in [5.74, 6) is -1.19. The zero-order valence-electron chi connectivity index (χ0n) is 21.5. The van der Waals surface area contributed by atoms with Gasteiger partial charge in [0, 0.05) is 23.1 Å². The van der Waals surface area contributed by atoms with Crippen molar-refractivity contribution < 1.29 is 23.0 Å². The van der Waals surface area contributed by atoms with Crippen LogP contribution in [-0.2, 0) is 24.4 Å². The lowest BCUT2D eigenvalue weighted by molar-refractivity contribution is 0.0240. The van der Waals surface area contributed by atoms with E-state index in [1.807, 2.05) is 0 Å². The highest BCUT2D eigenvalue weighted by Crippen LogP contribution is 2.29. The van der Waals surface area contributed by atoms with Gasteiger partial charge >= 0.3 is 6.09 Å². The normalized spacial score (nSPS) is 13.2. The van der Waals surface area contributed by atoms with Gasteiger partial charge in [-0.15, -0.1) is 0 Å². The van der Waals surface area contributed by atoms with Crippen molar-refractivity contribution in [3.05, 3.63) is 75.2 Å². The maximum atomic E-state index is 14.8. The lowest BCUT2D eigenvalue weighted by Gasteiger charge is -2.23. The third kappa shape index (κ3) is 4.83. The third-order valence-electron chi connectivity index (χ3n) is 6.06. The topological polar surface area (TPSA) is 102 Å². The number of carbonyl (C=O) groups is 1. The van der Waals surface area contributed by atoms with Crippen molar-refractivity contribution in [3.63, 3.8) is 0 Å². The molecule has 4 aromatic rings. The molecule has 198 valence electrons. The SMILES string of the molecule is CCOc1cc(F)c(Cn2nc(-c3nc4c(c(=O)[nH]3)CN(C(=O)OC(C)(C)C)C4)c3ccccc32)c(F)c1. The van der Waals surface area contributed by atoms with Gasteiger partial charge in [0.1, 0.15) is 28.7 Å². The molecule has 0 fully saturated rings. The van der Waals surface area contributed by atoms with E-state index in [0.717, 1.165) is 12.1 Å². The number of ether oxygens (including phenoxy) is 2. The average Bonchev–Trinajstić information content (AvgIpc) is 3.43. The highest BCUT2D eigenvalue weighted by molar-refractivity contribution is 5.91. The minimum Gasteiger partial charge on any atom is -0.494 e. The summed E-state index contributed by atoms with van der Waals surface area (Å²) < 4.78 is 41.7. The number of halogens is 2. The Morgan fingerprint density at radius 3 is 2.53 bits per heavy atom. The molecular formula is C27H27F2N5O4. The number of aromatic nitrogens is 4. The molecule has 1 aliphatic heterocycles. The van der Waals surface area contributed by atoms with Crippen molar-refractivity contribution in [3.8, 4) is 17.3 Å². The Morgan fingerprint density at radius 2 is 1.84 bits per heavy atom. The van der Waals surface area contributed by atoms with E-state index in [1.165, 1.54) is 9.58 Å². The molecule has 5 rings (SSSR count). The molecule has 11 heteroatoms. The Hall–Kier alpha value is -4.28. The van der Waals surface area contributed by atoms with Crippen LogP contribution < -0.4 is 10.3 Å². The number of hydrogen-bond donors (Lipinski definition) is 1. The fourth-order valence-corrected chi connectivity index (χ4v) is 4.39. The number of nitrogens with zero attached hydrogens (tertiary/aromatic N) is 4. The predicted octanol–water partition coefficient (Wildman–Crippen LogP) is 4.76. The van der Waals surface area contributed by atoms with Gasteiger partial charge in [-0.05, 0) is 33.8 Å². The number of para-hydroxylation sites is 1. The second kappa shape index (κ2) is 9.55. The van der Waals surface area contributed by atoms with E-state index in [-0.39, 0.29) is 43.4 Å². The number of rotatable bonds is 5. The molecule has 0 aliphatic carbocycles. The van der Waals surface area contributed by atoms with Gasteiger partial charge < -0.3 is 14.5 Å². The summed E-state index contributed by atoms with van der Waals surface area (Å²) in [6.45, 7) is 7.32. The molecule has 38 heavy (non-hydrogen) atoms. The molecule has 0 spiro atoms. The number of amides is 1. The van der Waals surface area contributed by atoms with Crippen LogP contribution in [0.3, 0.4) is 0 Å². The average molecular weight is 524 g/mol. The van der Waals surface area contributed by atoms with Gasteiger partial charge in [0.05, 0.1) is 43.0 Å². The van der Waals surface area contributed by atoms with E-state index in [9.17, 15) is 18.4 Å². The highest BCUT2D eigenvalue weighted by Gasteiger charge is 2.31. The summed E-state index contributed by atoms with van der Waals surface area (Å²) in [5.41, 5.74) is 0.538. The van der Waals surface area contributed by atoms with Crippen LogP contribution in [0.15, 0.2) is 41.2 Å². The van der Waals surface area contributed by atoms with Crippen LogP contribution in [-0.4, -0.2) is 42.9 Å². The van der Waals surface area contributed by atoms with Gasteiger partial charge in [0.2, 0.25) is 0 Å². The molecule has 2 aromatic heterocycles. The molecule has 0 bridgehead atoms. The Balaban J connectivity index is 1.51. The monoisotopic (exact) mass is 523 g/mol. The van der Waals surface area contributed by atoms with Gasteiger partial charge in [-0.25, -0.2) is 18.6 Å². The summed E-state index contributed by atoms with van der Waals surface area (Å²) in [6, 6.07) is 9.43. The fraction of sp³-hybridized carbons (Fsp3) is 0.333. The van der Waals surface area contributed by atoms with Gasteiger partial charge in [-0.1, -0.05) is 18.2 Å². The summed E-state index contributed by atoms with van der Waals surface area (Å²) in [7, 11) is 0. The van der Waals surface area contributed by atoms with Gasteiger partial charge in [0.15, 0.2) is 5.82 Å². The number of benzene rings is 2. The summed E-state index contributed by atoms with van der Waals surface area (Å²) in [6.07, 6.45) is -0.536. The first-order chi connectivity index (χ1) is 18.0. The zero-order chi connectivity index (χ0) is 27.2. The molecule has 0 saturated carbocycles. The summed E-state index contributed by atoms with van der Waals surface area (Å²) in [4.78, 5) is 34.3. The molecule has 1 aliphatic rings. The molecule has 2 aromatic carbocycles. The maximum Gasteiger partial charge on any atom is 0.410 e. The highest BCUT2D eigenvalue weighted by atomic mass is 19.1. The number of carbonyl (C=O) groups excluding carboxylic acids is 1. The quantitative estimate of drug-likeness (QED) is 0.405. The lowest BCUT2D eigenvalue weighted by atomic mass is 10.1. The lowest BCUT2D eigenvalue weighted by Crippen LogP contribution is -2.33. The number of H-pyrrole nitrogens is 1. The number of aromatic amines is 1. The van der Waals surface area contributed by atoms with Crippen LogP contribution in [0.2, 0.25) is 0 Å². The zero-order valence-corrected chi connectivity index (χ0v) is 21.5. The van der Waals surface area contributed by atoms with Gasteiger partial charge in [0.25, 0.3) is 5.56 Å². The van der Waals surface area contributed by atoms with Crippen LogP contribution in [0.25, 0.3) is 22.4 Å². The molecule has 0 unspecified atom stereocenters. The Bertz CT molecular complexity index is 1580. The molecule has 9 nitrogen and oxygen atoms in total. The first-order valence-corrected chi connectivity index (χ1v) is 12.2. The minimum atomic E-state index is -0.749. The number of hydrogen-bond acceptors (Lipinski definition) is 6. The molecule has 1 amide bonds. The van der Waals surface area contributed by atoms with E-state index in [1.54, 1.807) is 52.0 Å². The van der Waals surface area contributed by atoms with Crippen molar-refractivity contribution in [2.24, 2.45) is 0 Å². The standard InChI is InChI=1S/C27H27F2N5O4/c1-5-37-15-10-19(28)17(20(29)11-15)13-34-22-9-7-6-8-16(22)23(32-34)24-30-21-14-33(12-18(21)25(35)31-24)26(36)38-27(2,3)4/h6-11H,5,12-14H2,1-4H3,(H,30,31,35). The van der Waals surface area contributed by atoms with Gasteiger partial charge in [-0.3, -0.25) is 14.4 Å². The summed E-state index contributed by atoms with van der Waals surface area (Å²) in [5, 5.41) is 5.22. The molecule has 0 saturated heterocycles. The van der Waals surface area contributed by atoms with Crippen molar-refractivity contribution >= 4 is 17.0 Å². The van der Waals surface area contributed by atoms with Crippen LogP contribution >= 0.6 is 0 Å². The minimum absolute atomic E-state index is 0.0817. The number of nitrogens with one attached hydrogen (secondary N) is 1. The molecule has 0 radical (unpaired) electrons. The van der Waals surface area contributed by atoms with Crippen LogP contribution in [0.1, 0.15) is 44.5 Å². The molecule has 1 N–H and O–H groups in total. The first-order valence-electron chi connectivity index (χ1n) is 12.2. The molecule has 3 heterocycles. The van der Waals surface area contributed by atoms with Crippen LogP contribution in [0, 0.1) is 11.6 Å². The molecule has 0 atom stereocenters. The smallest absolute Gasteiger partial charge is 0.410 e. The van der Waals surface area contributed by atoms with E-state index in [2.05, 4.69) is 15.1 Å². The van der Waals surface area contributed by atoms with E-state index in [4.69, 9.17) is 9.47 Å². The van der Waals surface area contributed by atoms with Crippen molar-refractivity contribution in [1.82, 2.24) is 24.6 Å². The predicted molar refractivity (Wildman–Crippen MR) is 136 cm³/mol. The first kappa shape index (κ1) is 25.4. The largest absolute Gasteiger partial charge is 0.494 e. The van der Waals surface area contributed by atoms with Gasteiger partial charge in [-0.2, -0.15) is 5.10 Å². The third-order valence-corrected chi connectivity index (χ3v) is 6.06. The van der Waals surface area contributed by atoms with Crippen molar-refractivity contribution in [2.75, 3.05) is 6.61 Å². The number of fused-ring (bicyclic) bond motifs is 2. The van der Waals surface area contributed by atoms with E-state index >= 15 is 0 Å². The van der Waals surface area contributed by atoms with E-state index in [0.29, 0.717) is 27.9 Å². The molecular weight excluding hydrogens is 496 g/mol. The summed E-state index contributed by atoms with van der Waals surface area (Å²) >= 11 is 0. The fourth-order valence-electron chi connectivity index (χ4n) is 4.39. The second-order valence-electron chi connectivity index (χ2n) is 10.00. The second-order valence-corrected chi connectivity index (χ2v) is 10.00. The van der Waals surface area contributed by atoms with Crippen molar-refractivity contribution in [2.45, 2.75) is 52.9 Å². The Labute approximate surface area is 217 Å². The van der Waals surface area contributed by atoms with Crippen molar-refractivity contribution in [1.29, 1.82) is 0 Å². The van der Waals surface area contributed by atoms with Crippen LogP contribution in [0.4, 0.5) is 13.6 Å². The van der Waals surface area contributed by atoms with Crippen LogP contribution in [0.5, 0.6) is 5.75 Å².